The molecule has 0 aromatic carbocycles. The van der Waals surface area contributed by atoms with E-state index in [0.29, 0.717) is 6.08 Å². The molecule has 0 bridgehead atoms. The summed E-state index contributed by atoms with van der Waals surface area (Å²) in [6.07, 6.45) is -4.28. The molecule has 1 heterocycles. The molecule has 8 heteroatoms. The van der Waals surface area contributed by atoms with Crippen LogP contribution in [0.25, 0.3) is 0 Å². The van der Waals surface area contributed by atoms with Gasteiger partial charge in [0.1, 0.15) is 0 Å². The summed E-state index contributed by atoms with van der Waals surface area (Å²) >= 11 is 0. The third-order valence-corrected chi connectivity index (χ3v) is 2.26. The standard InChI is InChI=1S/C9H10F3NO4/c1-5(9(10,11)12)2-6(14)13-8(7(15)16)3-17-4-8/h2H,3-4H2,1H3,(H,13,14)(H,15,16). The van der Waals surface area contributed by atoms with Gasteiger partial charge in [-0.1, -0.05) is 0 Å². The Morgan fingerprint density at radius 2 is 1.94 bits per heavy atom. The Balaban J connectivity index is 2.70. The molecule has 0 aromatic heterocycles. The van der Waals surface area contributed by atoms with Crippen molar-refractivity contribution < 1.29 is 32.6 Å². The van der Waals surface area contributed by atoms with E-state index in [2.05, 4.69) is 4.74 Å². The van der Waals surface area contributed by atoms with E-state index < -0.39 is 29.2 Å². The number of carboxylic acids is 1. The fraction of sp³-hybridized carbons (Fsp3) is 0.556. The molecule has 1 fully saturated rings. The first kappa shape index (κ1) is 13.5. The average Bonchev–Trinajstić information content (AvgIpc) is 2.08. The molecule has 1 rings (SSSR count). The van der Waals surface area contributed by atoms with Crippen LogP contribution in [-0.2, 0) is 14.3 Å². The van der Waals surface area contributed by atoms with Gasteiger partial charge in [0, 0.05) is 11.6 Å². The first-order valence-electron chi connectivity index (χ1n) is 4.56. The topological polar surface area (TPSA) is 75.6 Å². The van der Waals surface area contributed by atoms with Crippen molar-refractivity contribution in [3.63, 3.8) is 0 Å². The number of carbonyl (C=O) groups excluding carboxylic acids is 1. The Hall–Kier alpha value is -1.57. The van der Waals surface area contributed by atoms with Crippen LogP contribution in [0.3, 0.4) is 0 Å². The van der Waals surface area contributed by atoms with Gasteiger partial charge in [0.2, 0.25) is 5.91 Å². The van der Waals surface area contributed by atoms with Crippen LogP contribution in [0.2, 0.25) is 0 Å². The van der Waals surface area contributed by atoms with Crippen LogP contribution in [0.1, 0.15) is 6.92 Å². The largest absolute Gasteiger partial charge is 0.479 e. The van der Waals surface area contributed by atoms with Crippen molar-refractivity contribution in [1.29, 1.82) is 0 Å². The molecule has 0 aromatic rings. The monoisotopic (exact) mass is 253 g/mol. The molecule has 0 aliphatic carbocycles. The number of hydrogen-bond donors (Lipinski definition) is 2. The molecular formula is C9H10F3NO4. The number of carboxylic acid groups (broad SMARTS) is 1. The Kier molecular flexibility index (Phi) is 3.46. The summed E-state index contributed by atoms with van der Waals surface area (Å²) in [6, 6.07) is 0. The number of carbonyl (C=O) groups is 2. The molecule has 2 N–H and O–H groups in total. The zero-order valence-corrected chi connectivity index (χ0v) is 8.80. The van der Waals surface area contributed by atoms with Gasteiger partial charge in [-0.05, 0) is 6.92 Å². The van der Waals surface area contributed by atoms with Gasteiger partial charge in [-0.3, -0.25) is 4.79 Å². The molecule has 5 nitrogen and oxygen atoms in total. The highest BCUT2D eigenvalue weighted by molar-refractivity contribution is 5.94. The molecule has 1 aliphatic rings. The Morgan fingerprint density at radius 3 is 2.24 bits per heavy atom. The number of aliphatic carboxylic acids is 1. The smallest absolute Gasteiger partial charge is 0.412 e. The van der Waals surface area contributed by atoms with Crippen LogP contribution >= 0.6 is 0 Å². The van der Waals surface area contributed by atoms with Crippen molar-refractivity contribution in [1.82, 2.24) is 5.32 Å². The van der Waals surface area contributed by atoms with Gasteiger partial charge in [0.15, 0.2) is 5.54 Å². The van der Waals surface area contributed by atoms with Gasteiger partial charge in [0.25, 0.3) is 0 Å². The van der Waals surface area contributed by atoms with Crippen molar-refractivity contribution in [2.45, 2.75) is 18.6 Å². The minimum absolute atomic E-state index is 0.257. The molecule has 96 valence electrons. The van der Waals surface area contributed by atoms with E-state index in [1.807, 2.05) is 5.32 Å². The van der Waals surface area contributed by atoms with Crippen LogP contribution in [-0.4, -0.2) is 41.9 Å². The van der Waals surface area contributed by atoms with Gasteiger partial charge in [-0.15, -0.1) is 0 Å². The maximum Gasteiger partial charge on any atom is 0.412 e. The highest BCUT2D eigenvalue weighted by Gasteiger charge is 2.47. The third kappa shape index (κ3) is 2.96. The number of hydrogen-bond acceptors (Lipinski definition) is 3. The van der Waals surface area contributed by atoms with Crippen LogP contribution in [0.5, 0.6) is 0 Å². The minimum atomic E-state index is -4.61. The van der Waals surface area contributed by atoms with Crippen molar-refractivity contribution in [3.05, 3.63) is 11.6 Å². The molecular weight excluding hydrogens is 243 g/mol. The van der Waals surface area contributed by atoms with E-state index in [9.17, 15) is 22.8 Å². The molecule has 0 atom stereocenters. The SMILES string of the molecule is CC(=CC(=O)NC1(C(=O)O)COC1)C(F)(F)F. The third-order valence-electron chi connectivity index (χ3n) is 2.26. The van der Waals surface area contributed by atoms with E-state index in [4.69, 9.17) is 5.11 Å². The number of rotatable bonds is 3. The molecule has 17 heavy (non-hydrogen) atoms. The van der Waals surface area contributed by atoms with Crippen LogP contribution < -0.4 is 5.32 Å². The number of allylic oxidation sites excluding steroid dienone is 1. The van der Waals surface area contributed by atoms with Gasteiger partial charge in [-0.25, -0.2) is 4.79 Å². The maximum absolute atomic E-state index is 12.1. The summed E-state index contributed by atoms with van der Waals surface area (Å²) in [5, 5.41) is 10.8. The summed E-state index contributed by atoms with van der Waals surface area (Å²) in [6.45, 7) is 0.213. The van der Waals surface area contributed by atoms with E-state index in [-0.39, 0.29) is 13.2 Å². The fourth-order valence-corrected chi connectivity index (χ4v) is 1.11. The maximum atomic E-state index is 12.1. The van der Waals surface area contributed by atoms with Crippen molar-refractivity contribution in [2.24, 2.45) is 0 Å². The Morgan fingerprint density at radius 1 is 1.41 bits per heavy atom. The minimum Gasteiger partial charge on any atom is -0.479 e. The lowest BCUT2D eigenvalue weighted by atomic mass is 9.97. The quantitative estimate of drug-likeness (QED) is 0.717. The number of amides is 1. The van der Waals surface area contributed by atoms with Gasteiger partial charge >= 0.3 is 12.1 Å². The molecule has 0 unspecified atom stereocenters. The molecule has 0 radical (unpaired) electrons. The normalized spacial score (nSPS) is 19.4. The molecule has 0 spiro atoms. The summed E-state index contributed by atoms with van der Waals surface area (Å²) in [5.41, 5.74) is -2.71. The first-order chi connectivity index (χ1) is 7.67. The zero-order chi connectivity index (χ0) is 13.3. The average molecular weight is 253 g/mol. The Bertz CT molecular complexity index is 371. The van der Waals surface area contributed by atoms with Gasteiger partial charge in [-0.2, -0.15) is 13.2 Å². The molecule has 1 aliphatic heterocycles. The van der Waals surface area contributed by atoms with Crippen LogP contribution in [0.4, 0.5) is 13.2 Å². The fourth-order valence-electron chi connectivity index (χ4n) is 1.11. The lowest BCUT2D eigenvalue weighted by molar-refractivity contribution is -0.168. The predicted octanol–water partition coefficient (Wildman–Crippen LogP) is 0.465. The lowest BCUT2D eigenvalue weighted by Gasteiger charge is -2.37. The van der Waals surface area contributed by atoms with Crippen molar-refractivity contribution in [2.75, 3.05) is 13.2 Å². The number of alkyl halides is 3. The number of halogens is 3. The zero-order valence-electron chi connectivity index (χ0n) is 8.80. The second-order valence-electron chi connectivity index (χ2n) is 3.69. The second-order valence-corrected chi connectivity index (χ2v) is 3.69. The molecule has 0 saturated carbocycles. The van der Waals surface area contributed by atoms with Crippen LogP contribution in [0, 0.1) is 0 Å². The number of nitrogens with one attached hydrogen (secondary N) is 1. The van der Waals surface area contributed by atoms with E-state index >= 15 is 0 Å². The summed E-state index contributed by atoms with van der Waals surface area (Å²) < 4.78 is 41.0. The predicted molar refractivity (Wildman–Crippen MR) is 49.1 cm³/mol. The van der Waals surface area contributed by atoms with Gasteiger partial charge < -0.3 is 15.2 Å². The molecule has 1 amide bonds. The highest BCUT2D eigenvalue weighted by atomic mass is 19.4. The lowest BCUT2D eigenvalue weighted by Crippen LogP contribution is -2.66. The first-order valence-corrected chi connectivity index (χ1v) is 4.56. The van der Waals surface area contributed by atoms with Crippen molar-refractivity contribution >= 4 is 11.9 Å². The second kappa shape index (κ2) is 4.36. The van der Waals surface area contributed by atoms with E-state index in [0.717, 1.165) is 6.92 Å². The molecule has 1 saturated heterocycles. The summed E-state index contributed by atoms with van der Waals surface area (Å²) in [5.74, 6) is -2.44. The summed E-state index contributed by atoms with van der Waals surface area (Å²) in [7, 11) is 0. The van der Waals surface area contributed by atoms with E-state index in [1.165, 1.54) is 0 Å². The summed E-state index contributed by atoms with van der Waals surface area (Å²) in [4.78, 5) is 22.0. The van der Waals surface area contributed by atoms with Gasteiger partial charge in [0.05, 0.1) is 13.2 Å². The van der Waals surface area contributed by atoms with Crippen LogP contribution in [0.15, 0.2) is 11.6 Å². The number of ether oxygens (including phenoxy) is 1. The van der Waals surface area contributed by atoms with Crippen molar-refractivity contribution in [3.8, 4) is 0 Å². The highest BCUT2D eigenvalue weighted by Crippen LogP contribution is 2.25. The Labute approximate surface area is 94.2 Å². The van der Waals surface area contributed by atoms with E-state index in [1.54, 1.807) is 0 Å².